The third kappa shape index (κ3) is 2.78. The number of rotatable bonds is 4. The Morgan fingerprint density at radius 1 is 1.33 bits per heavy atom. The van der Waals surface area contributed by atoms with Crippen LogP contribution in [0.4, 0.5) is 4.39 Å². The quantitative estimate of drug-likeness (QED) is 0.807. The van der Waals surface area contributed by atoms with Crippen molar-refractivity contribution in [3.8, 4) is 0 Å². The maximum atomic E-state index is 13.6. The van der Waals surface area contributed by atoms with E-state index >= 15 is 0 Å². The minimum Gasteiger partial charge on any atom is -0.321 e. The lowest BCUT2D eigenvalue weighted by molar-refractivity contribution is 0.327. The second-order valence-electron chi connectivity index (χ2n) is 4.59. The fraction of sp³-hybridized carbons (Fsp3) is 0.538. The van der Waals surface area contributed by atoms with E-state index in [4.69, 9.17) is 5.73 Å². The van der Waals surface area contributed by atoms with Crippen LogP contribution in [0.3, 0.4) is 0 Å². The van der Waals surface area contributed by atoms with Crippen molar-refractivity contribution in [3.05, 3.63) is 35.6 Å². The van der Waals surface area contributed by atoms with Crippen LogP contribution in [0.1, 0.15) is 39.2 Å². The standard InChI is InChI=1S/C13H20FN/c1-4-13(15,9-10(2)3)11-7-5-6-8-12(11)14/h5-8,10H,4,9,15H2,1-3H3. The summed E-state index contributed by atoms with van der Waals surface area (Å²) >= 11 is 0. The van der Waals surface area contributed by atoms with Gasteiger partial charge in [0.1, 0.15) is 5.82 Å². The zero-order chi connectivity index (χ0) is 11.5. The molecular formula is C13H20FN. The van der Waals surface area contributed by atoms with Crippen LogP contribution in [-0.2, 0) is 5.54 Å². The van der Waals surface area contributed by atoms with Gasteiger partial charge in [0.2, 0.25) is 0 Å². The Morgan fingerprint density at radius 3 is 2.40 bits per heavy atom. The van der Waals surface area contributed by atoms with Crippen LogP contribution in [0, 0.1) is 11.7 Å². The molecule has 2 heteroatoms. The van der Waals surface area contributed by atoms with E-state index in [1.165, 1.54) is 6.07 Å². The summed E-state index contributed by atoms with van der Waals surface area (Å²) in [6, 6.07) is 6.81. The first kappa shape index (κ1) is 12.2. The van der Waals surface area contributed by atoms with Crippen molar-refractivity contribution < 1.29 is 4.39 Å². The van der Waals surface area contributed by atoms with Gasteiger partial charge in [-0.15, -0.1) is 0 Å². The van der Waals surface area contributed by atoms with E-state index in [1.54, 1.807) is 12.1 Å². The second kappa shape index (κ2) is 4.75. The lowest BCUT2D eigenvalue weighted by Gasteiger charge is -2.31. The summed E-state index contributed by atoms with van der Waals surface area (Å²) in [5, 5.41) is 0. The first-order valence-electron chi connectivity index (χ1n) is 5.53. The van der Waals surface area contributed by atoms with Crippen molar-refractivity contribution >= 4 is 0 Å². The number of halogens is 1. The van der Waals surface area contributed by atoms with Gasteiger partial charge in [-0.1, -0.05) is 39.0 Å². The van der Waals surface area contributed by atoms with E-state index in [9.17, 15) is 4.39 Å². The van der Waals surface area contributed by atoms with Crippen LogP contribution in [0.2, 0.25) is 0 Å². The lowest BCUT2D eigenvalue weighted by Crippen LogP contribution is -2.38. The summed E-state index contributed by atoms with van der Waals surface area (Å²) in [6.07, 6.45) is 1.57. The van der Waals surface area contributed by atoms with Crippen molar-refractivity contribution in [2.75, 3.05) is 0 Å². The van der Waals surface area contributed by atoms with Crippen LogP contribution in [0.5, 0.6) is 0 Å². The summed E-state index contributed by atoms with van der Waals surface area (Å²) in [6.45, 7) is 6.23. The molecule has 1 aromatic rings. The normalized spacial score (nSPS) is 15.3. The van der Waals surface area contributed by atoms with Crippen molar-refractivity contribution in [2.45, 2.75) is 39.2 Å². The van der Waals surface area contributed by atoms with Crippen LogP contribution >= 0.6 is 0 Å². The molecule has 0 heterocycles. The highest BCUT2D eigenvalue weighted by Gasteiger charge is 2.28. The molecule has 0 saturated heterocycles. The molecule has 0 aliphatic heterocycles. The molecule has 1 aromatic carbocycles. The molecule has 0 bridgehead atoms. The van der Waals surface area contributed by atoms with Gasteiger partial charge >= 0.3 is 0 Å². The minimum atomic E-state index is -0.528. The Balaban J connectivity index is 3.05. The van der Waals surface area contributed by atoms with Gasteiger partial charge in [-0.2, -0.15) is 0 Å². The summed E-state index contributed by atoms with van der Waals surface area (Å²) in [4.78, 5) is 0. The summed E-state index contributed by atoms with van der Waals surface area (Å²) < 4.78 is 13.6. The van der Waals surface area contributed by atoms with Gasteiger partial charge in [0.15, 0.2) is 0 Å². The molecule has 1 nitrogen and oxygen atoms in total. The molecule has 1 atom stereocenters. The first-order chi connectivity index (χ1) is 6.99. The van der Waals surface area contributed by atoms with Gasteiger partial charge in [0.25, 0.3) is 0 Å². The highest BCUT2D eigenvalue weighted by molar-refractivity contribution is 5.25. The van der Waals surface area contributed by atoms with Crippen molar-refractivity contribution in [1.82, 2.24) is 0 Å². The highest BCUT2D eigenvalue weighted by Crippen LogP contribution is 2.30. The smallest absolute Gasteiger partial charge is 0.128 e. The summed E-state index contributed by atoms with van der Waals surface area (Å²) in [5.74, 6) is 0.275. The Hall–Kier alpha value is -0.890. The molecule has 0 spiro atoms. The van der Waals surface area contributed by atoms with E-state index in [0.29, 0.717) is 11.5 Å². The second-order valence-corrected chi connectivity index (χ2v) is 4.59. The van der Waals surface area contributed by atoms with Crippen LogP contribution in [-0.4, -0.2) is 0 Å². The van der Waals surface area contributed by atoms with Gasteiger partial charge in [-0.3, -0.25) is 0 Å². The molecule has 0 aliphatic rings. The molecule has 0 amide bonds. The summed E-state index contributed by atoms with van der Waals surface area (Å²) in [5.41, 5.74) is 6.39. The molecule has 0 saturated carbocycles. The first-order valence-corrected chi connectivity index (χ1v) is 5.53. The van der Waals surface area contributed by atoms with Gasteiger partial charge in [-0.05, 0) is 24.8 Å². The third-order valence-corrected chi connectivity index (χ3v) is 2.81. The SMILES string of the molecule is CCC(N)(CC(C)C)c1ccccc1F. The molecule has 0 radical (unpaired) electrons. The molecule has 15 heavy (non-hydrogen) atoms. The Kier molecular flexibility index (Phi) is 3.86. The molecular weight excluding hydrogens is 189 g/mol. The van der Waals surface area contributed by atoms with Gasteiger partial charge in [0.05, 0.1) is 0 Å². The van der Waals surface area contributed by atoms with Gasteiger partial charge in [0, 0.05) is 11.1 Å². The predicted octanol–water partition coefficient (Wildman–Crippen LogP) is 3.44. The average Bonchev–Trinajstić information content (AvgIpc) is 2.17. The highest BCUT2D eigenvalue weighted by atomic mass is 19.1. The Labute approximate surface area is 91.5 Å². The number of benzene rings is 1. The van der Waals surface area contributed by atoms with Crippen molar-refractivity contribution in [2.24, 2.45) is 11.7 Å². The number of hydrogen-bond donors (Lipinski definition) is 1. The van der Waals surface area contributed by atoms with Gasteiger partial charge in [-0.25, -0.2) is 4.39 Å². The Bertz CT molecular complexity index is 322. The zero-order valence-electron chi connectivity index (χ0n) is 9.76. The van der Waals surface area contributed by atoms with E-state index < -0.39 is 5.54 Å². The lowest BCUT2D eigenvalue weighted by atomic mass is 9.81. The maximum absolute atomic E-state index is 13.6. The zero-order valence-corrected chi connectivity index (χ0v) is 9.76. The maximum Gasteiger partial charge on any atom is 0.128 e. The van der Waals surface area contributed by atoms with Crippen LogP contribution in [0.15, 0.2) is 24.3 Å². The predicted molar refractivity (Wildman–Crippen MR) is 62.0 cm³/mol. The molecule has 84 valence electrons. The molecule has 0 aliphatic carbocycles. The third-order valence-electron chi connectivity index (χ3n) is 2.81. The van der Waals surface area contributed by atoms with Gasteiger partial charge < -0.3 is 5.73 Å². The Morgan fingerprint density at radius 2 is 1.93 bits per heavy atom. The van der Waals surface area contributed by atoms with Crippen LogP contribution in [0.25, 0.3) is 0 Å². The molecule has 1 rings (SSSR count). The van der Waals surface area contributed by atoms with Crippen molar-refractivity contribution in [1.29, 1.82) is 0 Å². The van der Waals surface area contributed by atoms with E-state index in [0.717, 1.165) is 12.8 Å². The minimum absolute atomic E-state index is 0.192. The summed E-state index contributed by atoms with van der Waals surface area (Å²) in [7, 11) is 0. The molecule has 0 fully saturated rings. The largest absolute Gasteiger partial charge is 0.321 e. The van der Waals surface area contributed by atoms with E-state index in [2.05, 4.69) is 13.8 Å². The topological polar surface area (TPSA) is 26.0 Å². The van der Waals surface area contributed by atoms with E-state index in [-0.39, 0.29) is 5.82 Å². The average molecular weight is 209 g/mol. The van der Waals surface area contributed by atoms with Crippen LogP contribution < -0.4 is 5.73 Å². The molecule has 1 unspecified atom stereocenters. The molecule has 0 aromatic heterocycles. The fourth-order valence-corrected chi connectivity index (χ4v) is 2.04. The monoisotopic (exact) mass is 209 g/mol. The van der Waals surface area contributed by atoms with E-state index in [1.807, 2.05) is 13.0 Å². The molecule has 2 N–H and O–H groups in total. The number of hydrogen-bond acceptors (Lipinski definition) is 1. The number of nitrogens with two attached hydrogens (primary N) is 1. The fourth-order valence-electron chi connectivity index (χ4n) is 2.04. The van der Waals surface area contributed by atoms with Crippen molar-refractivity contribution in [3.63, 3.8) is 0 Å².